The van der Waals surface area contributed by atoms with E-state index in [0.717, 1.165) is 11.3 Å². The third-order valence-corrected chi connectivity index (χ3v) is 3.79. The van der Waals surface area contributed by atoms with Crippen molar-refractivity contribution >= 4 is 21.6 Å². The Balaban J connectivity index is 2.47. The first kappa shape index (κ1) is 15.0. The van der Waals surface area contributed by atoms with Crippen molar-refractivity contribution in [1.29, 1.82) is 0 Å². The van der Waals surface area contributed by atoms with E-state index in [9.17, 15) is 4.39 Å². The highest BCUT2D eigenvalue weighted by molar-refractivity contribution is 9.10. The molecule has 20 heavy (non-hydrogen) atoms. The predicted octanol–water partition coefficient (Wildman–Crippen LogP) is 3.21. The zero-order valence-corrected chi connectivity index (χ0v) is 13.0. The standard InChI is InChI=1S/C15H17BrFN3/c1-20(2)11-6-3-5-10(9-11)15(19-18)12-7-4-8-13(16)14(12)17/h3-9,15,19H,18H2,1-2H3. The lowest BCUT2D eigenvalue weighted by molar-refractivity contribution is 0.556. The highest BCUT2D eigenvalue weighted by atomic mass is 79.9. The minimum Gasteiger partial charge on any atom is -0.378 e. The van der Waals surface area contributed by atoms with Crippen LogP contribution in [0.25, 0.3) is 0 Å². The third kappa shape index (κ3) is 3.00. The Morgan fingerprint density at radius 2 is 1.90 bits per heavy atom. The summed E-state index contributed by atoms with van der Waals surface area (Å²) in [5.41, 5.74) is 5.15. The van der Waals surface area contributed by atoms with E-state index in [1.54, 1.807) is 18.2 Å². The summed E-state index contributed by atoms with van der Waals surface area (Å²) in [5.74, 6) is 5.34. The highest BCUT2D eigenvalue weighted by Gasteiger charge is 2.18. The number of hydrazine groups is 1. The van der Waals surface area contributed by atoms with Crippen molar-refractivity contribution < 1.29 is 4.39 Å². The Hall–Kier alpha value is -1.43. The van der Waals surface area contributed by atoms with Gasteiger partial charge in [-0.3, -0.25) is 5.84 Å². The van der Waals surface area contributed by atoms with Crippen molar-refractivity contribution in [1.82, 2.24) is 5.43 Å². The summed E-state index contributed by atoms with van der Waals surface area (Å²) in [6, 6.07) is 12.6. The molecule has 2 rings (SSSR count). The number of halogens is 2. The monoisotopic (exact) mass is 337 g/mol. The lowest BCUT2D eigenvalue weighted by Gasteiger charge is -2.20. The van der Waals surface area contributed by atoms with Gasteiger partial charge in [-0.25, -0.2) is 9.82 Å². The zero-order valence-electron chi connectivity index (χ0n) is 11.4. The molecule has 0 fully saturated rings. The Morgan fingerprint density at radius 1 is 1.20 bits per heavy atom. The molecule has 0 heterocycles. The molecule has 0 radical (unpaired) electrons. The van der Waals surface area contributed by atoms with Gasteiger partial charge < -0.3 is 4.90 Å². The minimum atomic E-state index is -0.396. The van der Waals surface area contributed by atoms with Crippen LogP contribution in [0, 0.1) is 5.82 Å². The first-order chi connectivity index (χ1) is 9.54. The number of anilines is 1. The summed E-state index contributed by atoms with van der Waals surface area (Å²) in [4.78, 5) is 1.99. The fourth-order valence-corrected chi connectivity index (χ4v) is 2.47. The van der Waals surface area contributed by atoms with Gasteiger partial charge in [0.25, 0.3) is 0 Å². The molecule has 3 nitrogen and oxygen atoms in total. The van der Waals surface area contributed by atoms with Crippen LogP contribution in [0.2, 0.25) is 0 Å². The third-order valence-electron chi connectivity index (χ3n) is 3.18. The Kier molecular flexibility index (Phi) is 4.75. The molecule has 1 unspecified atom stereocenters. The van der Waals surface area contributed by atoms with E-state index in [4.69, 9.17) is 5.84 Å². The molecule has 0 spiro atoms. The largest absolute Gasteiger partial charge is 0.378 e. The van der Waals surface area contributed by atoms with E-state index < -0.39 is 6.04 Å². The van der Waals surface area contributed by atoms with Crippen molar-refractivity contribution in [3.63, 3.8) is 0 Å². The van der Waals surface area contributed by atoms with Crippen molar-refractivity contribution in [2.45, 2.75) is 6.04 Å². The van der Waals surface area contributed by atoms with E-state index >= 15 is 0 Å². The Morgan fingerprint density at radius 3 is 2.55 bits per heavy atom. The molecule has 2 aromatic rings. The first-order valence-corrected chi connectivity index (χ1v) is 7.01. The lowest BCUT2D eigenvalue weighted by Crippen LogP contribution is -2.29. The summed E-state index contributed by atoms with van der Waals surface area (Å²) in [5, 5.41) is 0. The Labute approximate surface area is 126 Å². The molecule has 0 aliphatic heterocycles. The van der Waals surface area contributed by atoms with E-state index in [2.05, 4.69) is 21.4 Å². The van der Waals surface area contributed by atoms with Crippen LogP contribution in [-0.2, 0) is 0 Å². The molecule has 1 atom stereocenters. The molecule has 0 aliphatic rings. The van der Waals surface area contributed by atoms with Crippen molar-refractivity contribution in [2.75, 3.05) is 19.0 Å². The lowest BCUT2D eigenvalue weighted by atomic mass is 9.98. The van der Waals surface area contributed by atoms with Crippen molar-refractivity contribution in [3.05, 3.63) is 63.9 Å². The molecule has 0 bridgehead atoms. The molecular weight excluding hydrogens is 321 g/mol. The van der Waals surface area contributed by atoms with Crippen LogP contribution in [0.1, 0.15) is 17.2 Å². The molecule has 5 heteroatoms. The van der Waals surface area contributed by atoms with E-state index in [-0.39, 0.29) is 5.82 Å². The first-order valence-electron chi connectivity index (χ1n) is 6.22. The summed E-state index contributed by atoms with van der Waals surface area (Å²) >= 11 is 3.20. The van der Waals surface area contributed by atoms with Gasteiger partial charge in [0, 0.05) is 25.3 Å². The predicted molar refractivity (Wildman–Crippen MR) is 84.0 cm³/mol. The van der Waals surface area contributed by atoms with Gasteiger partial charge in [0.2, 0.25) is 0 Å². The van der Waals surface area contributed by atoms with Gasteiger partial charge in [0.15, 0.2) is 0 Å². The molecular formula is C15H17BrFN3. The fourth-order valence-electron chi connectivity index (χ4n) is 2.09. The maximum atomic E-state index is 14.2. The highest BCUT2D eigenvalue weighted by Crippen LogP contribution is 2.29. The number of hydrogen-bond donors (Lipinski definition) is 2. The fraction of sp³-hybridized carbons (Fsp3) is 0.200. The van der Waals surface area contributed by atoms with E-state index in [0.29, 0.717) is 10.0 Å². The Bertz CT molecular complexity index is 601. The number of nitrogens with zero attached hydrogens (tertiary/aromatic N) is 1. The van der Waals surface area contributed by atoms with E-state index in [1.807, 2.05) is 43.3 Å². The van der Waals surface area contributed by atoms with Gasteiger partial charge in [0.05, 0.1) is 10.5 Å². The van der Waals surface area contributed by atoms with Gasteiger partial charge in [0.1, 0.15) is 5.82 Å². The van der Waals surface area contributed by atoms with Gasteiger partial charge in [-0.2, -0.15) is 0 Å². The second-order valence-corrected chi connectivity index (χ2v) is 5.59. The summed E-state index contributed by atoms with van der Waals surface area (Å²) in [6.07, 6.45) is 0. The van der Waals surface area contributed by atoms with Crippen LogP contribution in [0.5, 0.6) is 0 Å². The van der Waals surface area contributed by atoms with Crippen LogP contribution in [-0.4, -0.2) is 14.1 Å². The summed E-state index contributed by atoms with van der Waals surface area (Å²) in [6.45, 7) is 0. The van der Waals surface area contributed by atoms with Gasteiger partial charge >= 0.3 is 0 Å². The quantitative estimate of drug-likeness (QED) is 0.664. The summed E-state index contributed by atoms with van der Waals surface area (Å²) in [7, 11) is 3.92. The van der Waals surface area contributed by atoms with Crippen LogP contribution < -0.4 is 16.2 Å². The number of hydrogen-bond acceptors (Lipinski definition) is 3. The average Bonchev–Trinajstić information content (AvgIpc) is 2.44. The number of benzene rings is 2. The molecule has 0 saturated heterocycles. The van der Waals surface area contributed by atoms with Crippen LogP contribution in [0.15, 0.2) is 46.9 Å². The maximum absolute atomic E-state index is 14.2. The summed E-state index contributed by atoms with van der Waals surface area (Å²) < 4.78 is 14.7. The van der Waals surface area contributed by atoms with Crippen LogP contribution in [0.4, 0.5) is 10.1 Å². The molecule has 0 amide bonds. The van der Waals surface area contributed by atoms with E-state index in [1.165, 1.54) is 0 Å². The molecule has 3 N–H and O–H groups in total. The molecule has 2 aromatic carbocycles. The second-order valence-electron chi connectivity index (χ2n) is 4.73. The number of rotatable bonds is 4. The normalized spacial score (nSPS) is 12.2. The average molecular weight is 338 g/mol. The number of nitrogens with one attached hydrogen (secondary N) is 1. The second kappa shape index (κ2) is 6.35. The minimum absolute atomic E-state index is 0.300. The van der Waals surface area contributed by atoms with Crippen LogP contribution >= 0.6 is 15.9 Å². The smallest absolute Gasteiger partial charge is 0.142 e. The van der Waals surface area contributed by atoms with Crippen molar-refractivity contribution in [2.24, 2.45) is 5.84 Å². The molecule has 0 saturated carbocycles. The van der Waals surface area contributed by atoms with Gasteiger partial charge in [-0.15, -0.1) is 0 Å². The molecule has 0 aromatic heterocycles. The molecule has 106 valence electrons. The SMILES string of the molecule is CN(C)c1cccc(C(NN)c2cccc(Br)c2F)c1. The topological polar surface area (TPSA) is 41.3 Å². The van der Waals surface area contributed by atoms with Crippen molar-refractivity contribution in [3.8, 4) is 0 Å². The van der Waals surface area contributed by atoms with Crippen LogP contribution in [0.3, 0.4) is 0 Å². The maximum Gasteiger partial charge on any atom is 0.142 e. The molecule has 0 aliphatic carbocycles. The number of nitrogens with two attached hydrogens (primary N) is 1. The van der Waals surface area contributed by atoms with Gasteiger partial charge in [-0.1, -0.05) is 24.3 Å². The van der Waals surface area contributed by atoms with Gasteiger partial charge in [-0.05, 0) is 39.7 Å². The zero-order chi connectivity index (χ0) is 14.7.